The molecule has 0 amide bonds. The third-order valence-electron chi connectivity index (χ3n) is 2.68. The van der Waals surface area contributed by atoms with Gasteiger partial charge in [-0.15, -0.1) is 0 Å². The van der Waals surface area contributed by atoms with E-state index in [1.807, 2.05) is 0 Å². The predicted molar refractivity (Wildman–Crippen MR) is 42.4 cm³/mol. The van der Waals surface area contributed by atoms with Gasteiger partial charge in [0.25, 0.3) is 0 Å². The number of nitrogens with zero attached hydrogens (tertiary/aromatic N) is 1. The smallest absolute Gasteiger partial charge is 0.325 e. The zero-order valence-corrected chi connectivity index (χ0v) is 9.37. The molecule has 0 aliphatic carbocycles. The van der Waals surface area contributed by atoms with E-state index in [4.69, 9.17) is 0 Å². The first-order valence-corrected chi connectivity index (χ1v) is 4.09. The van der Waals surface area contributed by atoms with Gasteiger partial charge in [-0.3, -0.25) is 0 Å². The van der Waals surface area contributed by atoms with Crippen molar-refractivity contribution in [3.63, 3.8) is 0 Å². The number of rotatable bonds is 4. The zero-order chi connectivity index (χ0) is 7.33. The number of quaternary nitrogens is 1. The fourth-order valence-corrected chi connectivity index (χ4v) is 1.34. The van der Waals surface area contributed by atoms with Crippen molar-refractivity contribution in [3.8, 4) is 0 Å². The summed E-state index contributed by atoms with van der Waals surface area (Å²) in [5.41, 5.74) is 0. The molecule has 10 heavy (non-hydrogen) atoms. The van der Waals surface area contributed by atoms with Crippen LogP contribution in [-0.4, -0.2) is 30.7 Å². The topological polar surface area (TPSA) is 0 Å². The first kappa shape index (κ1) is 13.2. The largest absolute Gasteiger partial charge is 3.00 e. The fraction of sp³-hybridized carbons (Fsp3) is 1.00. The minimum Gasteiger partial charge on any atom is -0.325 e. The van der Waals surface area contributed by atoms with E-state index in [2.05, 4.69) is 27.7 Å². The molecule has 0 aromatic rings. The Bertz CT molecular complexity index is 52.1. The normalized spacial score (nSPS) is 10.8. The van der Waals surface area contributed by atoms with Gasteiger partial charge in [0.15, 0.2) is 0 Å². The summed E-state index contributed by atoms with van der Waals surface area (Å²) in [6.45, 7) is 14.2. The second-order valence-corrected chi connectivity index (χ2v) is 2.61. The molecule has 0 aliphatic heterocycles. The van der Waals surface area contributed by atoms with Crippen LogP contribution >= 0.6 is 0 Å². The third kappa shape index (κ3) is 3.12. The summed E-state index contributed by atoms with van der Waals surface area (Å²) in [6.07, 6.45) is 0. The molecule has 0 fully saturated rings. The van der Waals surface area contributed by atoms with Crippen LogP contribution in [0, 0.1) is 0 Å². The zero-order valence-electron chi connectivity index (χ0n) is 7.63. The van der Waals surface area contributed by atoms with Crippen molar-refractivity contribution in [2.75, 3.05) is 26.2 Å². The minimum absolute atomic E-state index is 0. The molecule has 0 bridgehead atoms. The van der Waals surface area contributed by atoms with Crippen molar-refractivity contribution < 1.29 is 24.0 Å². The molecule has 0 unspecified atom stereocenters. The van der Waals surface area contributed by atoms with Crippen molar-refractivity contribution in [2.45, 2.75) is 27.7 Å². The van der Waals surface area contributed by atoms with Crippen molar-refractivity contribution in [3.05, 3.63) is 0 Å². The third-order valence-corrected chi connectivity index (χ3v) is 2.68. The second-order valence-electron chi connectivity index (χ2n) is 2.61. The van der Waals surface area contributed by atoms with Gasteiger partial charge < -0.3 is 4.48 Å². The van der Waals surface area contributed by atoms with Gasteiger partial charge >= 0.3 is 19.5 Å². The summed E-state index contributed by atoms with van der Waals surface area (Å²) in [6, 6.07) is 0. The molecular formula is C8H20NRu+4. The van der Waals surface area contributed by atoms with Crippen LogP contribution in [0.4, 0.5) is 0 Å². The van der Waals surface area contributed by atoms with Gasteiger partial charge in [-0.2, -0.15) is 0 Å². The van der Waals surface area contributed by atoms with Crippen LogP contribution in [0.3, 0.4) is 0 Å². The van der Waals surface area contributed by atoms with Gasteiger partial charge in [-0.05, 0) is 27.7 Å². The molecule has 2 heteroatoms. The van der Waals surface area contributed by atoms with E-state index >= 15 is 0 Å². The van der Waals surface area contributed by atoms with Gasteiger partial charge in [0.1, 0.15) is 0 Å². The molecule has 1 radical (unpaired) electrons. The Morgan fingerprint density at radius 3 is 0.900 bits per heavy atom. The molecule has 1 nitrogen and oxygen atoms in total. The molecule has 0 saturated heterocycles. The van der Waals surface area contributed by atoms with Crippen LogP contribution in [0.15, 0.2) is 0 Å². The van der Waals surface area contributed by atoms with E-state index in [-0.39, 0.29) is 19.5 Å². The quantitative estimate of drug-likeness (QED) is 0.512. The van der Waals surface area contributed by atoms with Crippen LogP contribution in [0.5, 0.6) is 0 Å². The average molecular weight is 231 g/mol. The van der Waals surface area contributed by atoms with E-state index in [0.717, 1.165) is 0 Å². The molecule has 0 aliphatic rings. The van der Waals surface area contributed by atoms with Gasteiger partial charge in [0.2, 0.25) is 0 Å². The number of hydrogen-bond donors (Lipinski definition) is 0. The summed E-state index contributed by atoms with van der Waals surface area (Å²) >= 11 is 0. The maximum Gasteiger partial charge on any atom is 3.00 e. The first-order chi connectivity index (χ1) is 4.24. The first-order valence-electron chi connectivity index (χ1n) is 4.09. The molecule has 61 valence electrons. The molecular weight excluding hydrogens is 211 g/mol. The maximum absolute atomic E-state index is 2.27. The number of hydrogen-bond acceptors (Lipinski definition) is 0. The van der Waals surface area contributed by atoms with Crippen LogP contribution in [-0.2, 0) is 19.5 Å². The fourth-order valence-electron chi connectivity index (χ4n) is 1.34. The van der Waals surface area contributed by atoms with Crippen molar-refractivity contribution in [1.29, 1.82) is 0 Å². The van der Waals surface area contributed by atoms with Gasteiger partial charge in [0, 0.05) is 0 Å². The standard InChI is InChI=1S/C8H20N.Ru/c1-5-9(6-2,7-3)8-4;/h5-8H2,1-4H3;/q+1;+3. The van der Waals surface area contributed by atoms with Crippen molar-refractivity contribution >= 4 is 0 Å². The van der Waals surface area contributed by atoms with E-state index < -0.39 is 0 Å². The summed E-state index contributed by atoms with van der Waals surface area (Å²) < 4.78 is 1.28. The Hall–Kier alpha value is 0.583. The molecule has 0 aromatic carbocycles. The summed E-state index contributed by atoms with van der Waals surface area (Å²) in [7, 11) is 0. The van der Waals surface area contributed by atoms with Crippen LogP contribution in [0.1, 0.15) is 27.7 Å². The van der Waals surface area contributed by atoms with E-state index in [1.165, 1.54) is 30.7 Å². The Morgan fingerprint density at radius 2 is 0.900 bits per heavy atom. The Balaban J connectivity index is 0. The molecule has 0 rings (SSSR count). The van der Waals surface area contributed by atoms with Crippen molar-refractivity contribution in [1.82, 2.24) is 0 Å². The molecule has 0 N–H and O–H groups in total. The Kier molecular flexibility index (Phi) is 8.32. The van der Waals surface area contributed by atoms with E-state index in [9.17, 15) is 0 Å². The van der Waals surface area contributed by atoms with Gasteiger partial charge in [-0.25, -0.2) is 0 Å². The van der Waals surface area contributed by atoms with Gasteiger partial charge in [-0.1, -0.05) is 0 Å². The second kappa shape index (κ2) is 6.30. The summed E-state index contributed by atoms with van der Waals surface area (Å²) in [5, 5.41) is 0. The molecule has 0 spiro atoms. The van der Waals surface area contributed by atoms with Crippen molar-refractivity contribution in [2.24, 2.45) is 0 Å². The Labute approximate surface area is 78.1 Å². The van der Waals surface area contributed by atoms with Gasteiger partial charge in [0.05, 0.1) is 26.2 Å². The minimum atomic E-state index is 0. The molecule has 0 saturated carbocycles. The molecule has 0 atom stereocenters. The predicted octanol–water partition coefficient (Wildman–Crippen LogP) is 1.88. The summed E-state index contributed by atoms with van der Waals surface area (Å²) in [4.78, 5) is 0. The Morgan fingerprint density at radius 1 is 0.700 bits per heavy atom. The van der Waals surface area contributed by atoms with E-state index in [1.54, 1.807) is 0 Å². The van der Waals surface area contributed by atoms with Crippen LogP contribution < -0.4 is 0 Å². The summed E-state index contributed by atoms with van der Waals surface area (Å²) in [5.74, 6) is 0. The van der Waals surface area contributed by atoms with Crippen LogP contribution in [0.2, 0.25) is 0 Å². The van der Waals surface area contributed by atoms with Crippen LogP contribution in [0.25, 0.3) is 0 Å². The SMILES string of the molecule is CC[N+](CC)(CC)CC.[Ru+3]. The monoisotopic (exact) mass is 232 g/mol. The average Bonchev–Trinajstić information content (AvgIpc) is 1.95. The molecule has 0 aromatic heterocycles. The maximum atomic E-state index is 2.27. The molecule has 0 heterocycles. The van der Waals surface area contributed by atoms with E-state index in [0.29, 0.717) is 0 Å².